The molecule has 1 N–H and O–H groups in total. The van der Waals surface area contributed by atoms with E-state index in [1.807, 2.05) is 4.68 Å². The Hall–Kier alpha value is -2.25. The number of benzene rings is 1. The van der Waals surface area contributed by atoms with Crippen LogP contribution in [0, 0.1) is 11.7 Å². The van der Waals surface area contributed by atoms with Crippen molar-refractivity contribution in [3.63, 3.8) is 0 Å². The molecule has 6 nitrogen and oxygen atoms in total. The van der Waals surface area contributed by atoms with E-state index in [1.165, 1.54) is 12.1 Å². The van der Waals surface area contributed by atoms with Crippen LogP contribution in [0.2, 0.25) is 0 Å². The maximum absolute atomic E-state index is 13.3. The van der Waals surface area contributed by atoms with E-state index in [0.29, 0.717) is 24.2 Å². The number of morpholine rings is 1. The summed E-state index contributed by atoms with van der Waals surface area (Å²) in [6.45, 7) is 8.34. The minimum Gasteiger partial charge on any atom is -0.379 e. The first-order chi connectivity index (χ1) is 14.5. The van der Waals surface area contributed by atoms with Gasteiger partial charge in [-0.25, -0.2) is 9.07 Å². The Morgan fingerprint density at radius 2 is 1.93 bits per heavy atom. The molecule has 2 heterocycles. The monoisotopic (exact) mass is 414 g/mol. The van der Waals surface area contributed by atoms with Gasteiger partial charge in [0.05, 0.1) is 18.9 Å². The van der Waals surface area contributed by atoms with Gasteiger partial charge in [-0.15, -0.1) is 0 Å². The molecule has 1 fully saturated rings. The van der Waals surface area contributed by atoms with Gasteiger partial charge in [-0.1, -0.05) is 13.8 Å². The van der Waals surface area contributed by atoms with Crippen LogP contribution in [-0.2, 0) is 17.6 Å². The molecule has 162 valence electrons. The third-order valence-electron chi connectivity index (χ3n) is 6.02. The summed E-state index contributed by atoms with van der Waals surface area (Å²) in [5.41, 5.74) is 3.40. The summed E-state index contributed by atoms with van der Waals surface area (Å²) < 4.78 is 20.6. The molecule has 1 aromatic heterocycles. The van der Waals surface area contributed by atoms with Crippen molar-refractivity contribution < 1.29 is 13.9 Å². The number of nitrogens with zero attached hydrogens (tertiary/aromatic N) is 3. The third kappa shape index (κ3) is 4.57. The molecule has 1 aromatic carbocycles. The lowest BCUT2D eigenvalue weighted by Gasteiger charge is -2.35. The molecule has 1 saturated heterocycles. The van der Waals surface area contributed by atoms with E-state index in [9.17, 15) is 9.18 Å². The van der Waals surface area contributed by atoms with Gasteiger partial charge in [0.25, 0.3) is 5.91 Å². The Labute approximate surface area is 177 Å². The van der Waals surface area contributed by atoms with Crippen LogP contribution in [0.25, 0.3) is 5.69 Å². The highest BCUT2D eigenvalue weighted by Gasteiger charge is 2.28. The third-order valence-corrected chi connectivity index (χ3v) is 6.02. The maximum atomic E-state index is 13.3. The number of amides is 1. The number of nitrogens with one attached hydrogen (secondary N) is 1. The molecule has 7 heteroatoms. The number of fused-ring (bicyclic) bond motifs is 1. The minimum absolute atomic E-state index is 0.115. The number of hydrogen-bond donors (Lipinski definition) is 1. The normalized spacial score (nSPS) is 17.9. The highest BCUT2D eigenvalue weighted by Crippen LogP contribution is 2.28. The van der Waals surface area contributed by atoms with Crippen molar-refractivity contribution in [3.8, 4) is 5.69 Å². The van der Waals surface area contributed by atoms with Crippen LogP contribution in [0.4, 0.5) is 4.39 Å². The summed E-state index contributed by atoms with van der Waals surface area (Å²) in [4.78, 5) is 15.5. The number of hydrogen-bond acceptors (Lipinski definition) is 4. The van der Waals surface area contributed by atoms with Crippen molar-refractivity contribution in [2.24, 2.45) is 5.92 Å². The van der Waals surface area contributed by atoms with Gasteiger partial charge in [-0.05, 0) is 55.9 Å². The molecule has 2 aliphatic rings. The van der Waals surface area contributed by atoms with E-state index in [2.05, 4.69) is 29.2 Å². The van der Waals surface area contributed by atoms with E-state index in [-0.39, 0.29) is 11.7 Å². The smallest absolute Gasteiger partial charge is 0.272 e. The van der Waals surface area contributed by atoms with Crippen LogP contribution >= 0.6 is 0 Å². The summed E-state index contributed by atoms with van der Waals surface area (Å²) in [5.74, 6) is 0.160. The molecule has 1 atom stereocenters. The van der Waals surface area contributed by atoms with Gasteiger partial charge in [-0.3, -0.25) is 9.69 Å². The van der Waals surface area contributed by atoms with Gasteiger partial charge in [-0.2, -0.15) is 5.10 Å². The highest BCUT2D eigenvalue weighted by atomic mass is 19.1. The van der Waals surface area contributed by atoms with Crippen LogP contribution in [0.15, 0.2) is 24.3 Å². The first kappa shape index (κ1) is 21.0. The Morgan fingerprint density at radius 1 is 1.20 bits per heavy atom. The predicted molar refractivity (Wildman–Crippen MR) is 114 cm³/mol. The minimum atomic E-state index is -0.278. The van der Waals surface area contributed by atoms with Gasteiger partial charge in [0, 0.05) is 36.9 Å². The van der Waals surface area contributed by atoms with Crippen molar-refractivity contribution >= 4 is 5.91 Å². The van der Waals surface area contributed by atoms with Crippen molar-refractivity contribution in [1.29, 1.82) is 0 Å². The largest absolute Gasteiger partial charge is 0.379 e. The van der Waals surface area contributed by atoms with Crippen LogP contribution in [-0.4, -0.2) is 59.5 Å². The van der Waals surface area contributed by atoms with Crippen LogP contribution in [0.3, 0.4) is 0 Å². The number of carbonyl (C=O) groups is 1. The van der Waals surface area contributed by atoms with Crippen molar-refractivity contribution in [3.05, 3.63) is 47.0 Å². The predicted octanol–water partition coefficient (Wildman–Crippen LogP) is 2.98. The molecule has 0 radical (unpaired) electrons. The summed E-state index contributed by atoms with van der Waals surface area (Å²) in [6, 6.07) is 6.57. The number of ether oxygens (including phenoxy) is 1. The molecule has 30 heavy (non-hydrogen) atoms. The van der Waals surface area contributed by atoms with Crippen molar-refractivity contribution in [2.45, 2.75) is 45.6 Å². The van der Waals surface area contributed by atoms with Crippen LogP contribution in [0.5, 0.6) is 0 Å². The topological polar surface area (TPSA) is 59.4 Å². The molecule has 1 amide bonds. The second-order valence-corrected chi connectivity index (χ2v) is 8.66. The lowest BCUT2D eigenvalue weighted by atomic mass is 10.0. The number of rotatable bonds is 7. The Morgan fingerprint density at radius 3 is 2.63 bits per heavy atom. The van der Waals surface area contributed by atoms with E-state index < -0.39 is 0 Å². The average Bonchev–Trinajstić information content (AvgIpc) is 3.35. The number of carbonyl (C=O) groups excluding carboxylic acids is 1. The quantitative estimate of drug-likeness (QED) is 0.757. The zero-order chi connectivity index (χ0) is 21.1. The van der Waals surface area contributed by atoms with Crippen molar-refractivity contribution in [2.75, 3.05) is 32.8 Å². The number of halogens is 1. The first-order valence-corrected chi connectivity index (χ1v) is 11.0. The first-order valence-electron chi connectivity index (χ1n) is 11.0. The zero-order valence-electron chi connectivity index (χ0n) is 17.9. The van der Waals surface area contributed by atoms with Gasteiger partial charge in [0.2, 0.25) is 0 Å². The van der Waals surface area contributed by atoms with Gasteiger partial charge in [0.1, 0.15) is 5.82 Å². The fourth-order valence-electron chi connectivity index (χ4n) is 4.56. The summed E-state index contributed by atoms with van der Waals surface area (Å²) in [5, 5.41) is 7.78. The van der Waals surface area contributed by atoms with E-state index in [0.717, 1.165) is 68.9 Å². The zero-order valence-corrected chi connectivity index (χ0v) is 17.9. The fourth-order valence-corrected chi connectivity index (χ4v) is 4.56. The van der Waals surface area contributed by atoms with E-state index >= 15 is 0 Å². The molecular weight excluding hydrogens is 383 g/mol. The molecule has 0 spiro atoms. The Kier molecular flexibility index (Phi) is 6.49. The SMILES string of the molecule is CC(C)C[C@@H](CNC(=O)c1nn(-c2ccc(F)cc2)c2c1CCC2)N1CCOCC1. The molecule has 0 unspecified atom stereocenters. The Balaban J connectivity index is 1.50. The van der Waals surface area contributed by atoms with Gasteiger partial charge in [0.15, 0.2) is 5.69 Å². The summed E-state index contributed by atoms with van der Waals surface area (Å²) >= 11 is 0. The standard InChI is InChI=1S/C23H31FN4O2/c1-16(2)14-19(27-10-12-30-13-11-27)15-25-23(29)22-20-4-3-5-21(20)28(26-22)18-8-6-17(24)7-9-18/h6-9,16,19H,3-5,10-15H2,1-2H3,(H,25,29)/t19-/m0/s1. The molecule has 1 aliphatic heterocycles. The highest BCUT2D eigenvalue weighted by molar-refractivity contribution is 5.94. The Bertz CT molecular complexity index is 872. The van der Waals surface area contributed by atoms with Crippen molar-refractivity contribution in [1.82, 2.24) is 20.0 Å². The average molecular weight is 415 g/mol. The molecule has 1 aliphatic carbocycles. The van der Waals surface area contributed by atoms with Gasteiger partial charge < -0.3 is 10.1 Å². The molecule has 2 aromatic rings. The lowest BCUT2D eigenvalue weighted by Crippen LogP contribution is -2.49. The molecule has 0 bridgehead atoms. The maximum Gasteiger partial charge on any atom is 0.272 e. The second kappa shape index (κ2) is 9.27. The van der Waals surface area contributed by atoms with Crippen LogP contribution in [0.1, 0.15) is 48.4 Å². The number of aromatic nitrogens is 2. The van der Waals surface area contributed by atoms with E-state index in [4.69, 9.17) is 4.74 Å². The molecule has 4 rings (SSSR count). The summed E-state index contributed by atoms with van der Waals surface area (Å²) in [7, 11) is 0. The molecular formula is C23H31FN4O2. The van der Waals surface area contributed by atoms with E-state index in [1.54, 1.807) is 12.1 Å². The van der Waals surface area contributed by atoms with Gasteiger partial charge >= 0.3 is 0 Å². The fraction of sp³-hybridized carbons (Fsp3) is 0.565. The second-order valence-electron chi connectivity index (χ2n) is 8.66. The molecule has 0 saturated carbocycles. The lowest BCUT2D eigenvalue weighted by molar-refractivity contribution is 0.0124. The summed E-state index contributed by atoms with van der Waals surface area (Å²) in [6.07, 6.45) is 3.79. The van der Waals surface area contributed by atoms with Crippen LogP contribution < -0.4 is 5.32 Å².